The van der Waals surface area contributed by atoms with Crippen LogP contribution in [-0.4, -0.2) is 94.5 Å². The summed E-state index contributed by atoms with van der Waals surface area (Å²) in [6.07, 6.45) is 0.709. The standard InChI is InChI=1S/C48H50ClN9O8S/c1-10-11-12-13-14-15-16-17-18-26-37(59)53-35(27-28-67(9,64)65)44(63)51-33-23-21-22-32(29-33)43(62)50-30-38(60)52-34-24-19-20-25-36(34)66-31-39(61)54-48(7,8)47(5,6)45-56-55-42-40(49)41(46(2,3)4)57-58(42)45/h19-25,29,35,57H,27-28,30-31H2,1-9H3,(H,50,62)(H,51,63)(H,52,60)(H,53,59)(H,54,61). The SMILES string of the molecule is CC#CC#CC#CC#CC#CC(=O)NC(CCS(C)(=O)=O)C(=O)Nc1cccc(C(=O)NCC(=O)Nc2ccccc2OCC(=O)NC(C)(C)C(C)(C)c2nnc3c(Cl)c(C(C)(C)C)[nH]n23)c1. The average molecular weight is 949 g/mol. The molecule has 2 heterocycles. The number of benzene rings is 2. The van der Waals surface area contributed by atoms with Gasteiger partial charge in [0, 0.05) is 39.8 Å². The van der Waals surface area contributed by atoms with Crippen LogP contribution < -0.4 is 31.3 Å². The van der Waals surface area contributed by atoms with Gasteiger partial charge >= 0.3 is 0 Å². The van der Waals surface area contributed by atoms with E-state index >= 15 is 0 Å². The van der Waals surface area contributed by atoms with Crippen LogP contribution in [0.1, 0.15) is 83.7 Å². The third-order valence-corrected chi connectivity index (χ3v) is 11.4. The Morgan fingerprint density at radius 3 is 2.16 bits per heavy atom. The molecule has 0 saturated carbocycles. The summed E-state index contributed by atoms with van der Waals surface area (Å²) in [5, 5.41) is 25.7. The second-order valence-electron chi connectivity index (χ2n) is 16.9. The number of nitrogens with zero attached hydrogens (tertiary/aromatic N) is 3. The van der Waals surface area contributed by atoms with E-state index in [0.29, 0.717) is 16.5 Å². The fourth-order valence-electron chi connectivity index (χ4n) is 5.92. The fraction of sp³-hybridized carbons (Fsp3) is 0.354. The van der Waals surface area contributed by atoms with E-state index in [4.69, 9.17) is 16.3 Å². The number of aromatic nitrogens is 4. The van der Waals surface area contributed by atoms with Crippen LogP contribution in [0.2, 0.25) is 5.02 Å². The molecule has 0 spiro atoms. The number of H-pyrrole nitrogens is 1. The zero-order chi connectivity index (χ0) is 49.6. The van der Waals surface area contributed by atoms with Crippen LogP contribution in [-0.2, 0) is 39.8 Å². The molecule has 1 unspecified atom stereocenters. The monoisotopic (exact) mass is 947 g/mol. The molecule has 0 saturated heterocycles. The van der Waals surface area contributed by atoms with Gasteiger partial charge in [0.1, 0.15) is 26.7 Å². The molecule has 0 aliphatic carbocycles. The van der Waals surface area contributed by atoms with Crippen LogP contribution in [0.15, 0.2) is 48.5 Å². The number of hydrogen-bond donors (Lipinski definition) is 6. The van der Waals surface area contributed by atoms with Gasteiger partial charge in [-0.05, 0) is 105 Å². The Morgan fingerprint density at radius 1 is 0.851 bits per heavy atom. The van der Waals surface area contributed by atoms with Gasteiger partial charge < -0.3 is 31.3 Å². The molecule has 4 aromatic rings. The van der Waals surface area contributed by atoms with Gasteiger partial charge in [0.05, 0.1) is 23.7 Å². The van der Waals surface area contributed by atoms with E-state index in [9.17, 15) is 32.4 Å². The first-order valence-corrected chi connectivity index (χ1v) is 22.9. The molecular formula is C48H50ClN9O8S. The van der Waals surface area contributed by atoms with Gasteiger partial charge in [-0.25, -0.2) is 12.9 Å². The van der Waals surface area contributed by atoms with Crippen LogP contribution in [0.3, 0.4) is 0 Å². The first kappa shape index (κ1) is 51.9. The highest BCUT2D eigenvalue weighted by Gasteiger charge is 2.44. The fourth-order valence-corrected chi connectivity index (χ4v) is 7.04. The number of ether oxygens (including phenoxy) is 1. The Kier molecular flexibility index (Phi) is 17.4. The number of para-hydroxylation sites is 2. The van der Waals surface area contributed by atoms with E-state index in [1.165, 1.54) is 24.3 Å². The maximum Gasteiger partial charge on any atom is 0.297 e. The molecule has 0 bridgehead atoms. The van der Waals surface area contributed by atoms with Crippen LogP contribution in [0.4, 0.5) is 11.4 Å². The molecule has 67 heavy (non-hydrogen) atoms. The minimum atomic E-state index is -3.52. The first-order valence-electron chi connectivity index (χ1n) is 20.5. The summed E-state index contributed by atoms with van der Waals surface area (Å²) in [5.74, 6) is 21.0. The van der Waals surface area contributed by atoms with Crippen molar-refractivity contribution in [2.24, 2.45) is 0 Å². The lowest BCUT2D eigenvalue weighted by atomic mass is 9.73. The molecular weight excluding hydrogens is 898 g/mol. The zero-order valence-electron chi connectivity index (χ0n) is 38.4. The molecule has 5 amide bonds. The predicted molar refractivity (Wildman–Crippen MR) is 255 cm³/mol. The predicted octanol–water partition coefficient (Wildman–Crippen LogP) is 3.52. The van der Waals surface area contributed by atoms with Gasteiger partial charge in [0.15, 0.2) is 18.1 Å². The third-order valence-electron chi connectivity index (χ3n) is 10.1. The molecule has 6 N–H and O–H groups in total. The van der Waals surface area contributed by atoms with Gasteiger partial charge in [-0.1, -0.05) is 70.3 Å². The Balaban J connectivity index is 1.33. The van der Waals surface area contributed by atoms with Crippen molar-refractivity contribution < 1.29 is 37.1 Å². The minimum absolute atomic E-state index is 0.0692. The lowest BCUT2D eigenvalue weighted by Crippen LogP contribution is -2.57. The molecule has 17 nitrogen and oxygen atoms in total. The molecule has 19 heteroatoms. The zero-order valence-corrected chi connectivity index (χ0v) is 40.0. The van der Waals surface area contributed by atoms with Crippen molar-refractivity contribution in [2.75, 3.05) is 35.8 Å². The second-order valence-corrected chi connectivity index (χ2v) is 19.6. The Labute approximate surface area is 395 Å². The van der Waals surface area contributed by atoms with E-state index in [1.54, 1.807) is 35.7 Å². The molecule has 2 aromatic heterocycles. The number of sulfone groups is 1. The third kappa shape index (κ3) is 14.9. The van der Waals surface area contributed by atoms with Crippen molar-refractivity contribution in [3.05, 3.63) is 70.6 Å². The number of anilines is 2. The van der Waals surface area contributed by atoms with Gasteiger partial charge in [0.25, 0.3) is 17.7 Å². The van der Waals surface area contributed by atoms with Crippen LogP contribution in [0.25, 0.3) is 5.65 Å². The van der Waals surface area contributed by atoms with Crippen LogP contribution in [0.5, 0.6) is 5.75 Å². The van der Waals surface area contributed by atoms with Crippen molar-refractivity contribution in [1.82, 2.24) is 35.8 Å². The van der Waals surface area contributed by atoms with Crippen molar-refractivity contribution in [3.63, 3.8) is 0 Å². The molecule has 1 atom stereocenters. The lowest BCUT2D eigenvalue weighted by Gasteiger charge is -2.40. The normalized spacial score (nSPS) is 11.4. The van der Waals surface area contributed by atoms with E-state index in [0.717, 1.165) is 11.9 Å². The summed E-state index contributed by atoms with van der Waals surface area (Å²) in [6, 6.07) is 10.9. The van der Waals surface area contributed by atoms with Gasteiger partial charge in [0.2, 0.25) is 11.8 Å². The average Bonchev–Trinajstić information content (AvgIpc) is 3.83. The van der Waals surface area contributed by atoms with E-state index in [-0.39, 0.29) is 34.5 Å². The van der Waals surface area contributed by atoms with E-state index < -0.39 is 75.3 Å². The second kappa shape index (κ2) is 22.5. The molecule has 0 aliphatic heterocycles. The maximum atomic E-state index is 13.3. The summed E-state index contributed by atoms with van der Waals surface area (Å²) in [7, 11) is -3.52. The highest BCUT2D eigenvalue weighted by Crippen LogP contribution is 2.37. The van der Waals surface area contributed by atoms with Gasteiger partial charge in [-0.15, -0.1) is 10.2 Å². The van der Waals surface area contributed by atoms with Gasteiger partial charge in [-0.2, -0.15) is 0 Å². The number of amides is 5. The van der Waals surface area contributed by atoms with Crippen LogP contribution in [0, 0.1) is 59.2 Å². The first-order chi connectivity index (χ1) is 31.4. The number of carbonyl (C=O) groups excluding carboxylic acids is 5. The quantitative estimate of drug-likeness (QED) is 0.0895. The molecule has 2 aromatic carbocycles. The highest BCUT2D eigenvalue weighted by molar-refractivity contribution is 7.90. The molecule has 0 radical (unpaired) electrons. The summed E-state index contributed by atoms with van der Waals surface area (Å²) >= 11 is 6.66. The lowest BCUT2D eigenvalue weighted by molar-refractivity contribution is -0.125. The summed E-state index contributed by atoms with van der Waals surface area (Å²) < 4.78 is 31.4. The maximum absolute atomic E-state index is 13.3. The van der Waals surface area contributed by atoms with Gasteiger partial charge in [-0.3, -0.25) is 29.1 Å². The number of aromatic amines is 1. The number of fused-ring (bicyclic) bond motifs is 1. The highest BCUT2D eigenvalue weighted by atomic mass is 35.5. The summed E-state index contributed by atoms with van der Waals surface area (Å²) in [6.45, 7) is 14.4. The molecule has 348 valence electrons. The van der Waals surface area contributed by atoms with E-state index in [1.807, 2.05) is 48.5 Å². The summed E-state index contributed by atoms with van der Waals surface area (Å²) in [4.78, 5) is 65.3. The smallest absolute Gasteiger partial charge is 0.297 e. The Morgan fingerprint density at radius 2 is 1.51 bits per heavy atom. The molecule has 0 fully saturated rings. The molecule has 4 rings (SSSR count). The number of halogens is 1. The van der Waals surface area contributed by atoms with Crippen molar-refractivity contribution in [2.45, 2.75) is 84.2 Å². The Bertz CT molecular complexity index is 3010. The number of rotatable bonds is 16. The van der Waals surface area contributed by atoms with Crippen LogP contribution >= 0.6 is 11.6 Å². The molecule has 0 aliphatic rings. The van der Waals surface area contributed by atoms with Crippen molar-refractivity contribution in [1.29, 1.82) is 0 Å². The Hall–Kier alpha value is -7.69. The largest absolute Gasteiger partial charge is 0.482 e. The topological polar surface area (TPSA) is 235 Å². The number of hydrogen-bond acceptors (Lipinski definition) is 10. The van der Waals surface area contributed by atoms with Crippen molar-refractivity contribution in [3.8, 4) is 65.0 Å². The minimum Gasteiger partial charge on any atom is -0.482 e. The number of carbonyl (C=O) groups is 5. The van der Waals surface area contributed by atoms with E-state index in [2.05, 4.69) is 101 Å². The van der Waals surface area contributed by atoms with Crippen molar-refractivity contribution >= 4 is 68.0 Å². The summed E-state index contributed by atoms with van der Waals surface area (Å²) in [5.41, 5.74) is -0.198. The number of nitrogens with one attached hydrogen (secondary N) is 6.